The van der Waals surface area contributed by atoms with Gasteiger partial charge in [0.05, 0.1) is 22.3 Å². The lowest BCUT2D eigenvalue weighted by molar-refractivity contribution is 0.0713. The standard InChI is InChI=1S/C32H37Cl2FN8/c1-32(2,3)42-14-12-24(13-15-42)43(37)18-28(36)30(20-4-6-21(33)7-5-20)40-22-9-11-29-25(16-22)31(39-19-38-29)41-23-8-10-27(35)26(34)17-23/h4-11,16-19,24,30,40H,12-15,36-37H2,1-3H3,(H,38,39,41)/b28-18-. The van der Waals surface area contributed by atoms with Gasteiger partial charge < -0.3 is 21.4 Å². The fourth-order valence-corrected chi connectivity index (χ4v) is 5.63. The summed E-state index contributed by atoms with van der Waals surface area (Å²) in [5, 5.41) is 9.96. The first-order valence-electron chi connectivity index (χ1n) is 14.2. The number of anilines is 3. The van der Waals surface area contributed by atoms with Gasteiger partial charge in [-0.2, -0.15) is 0 Å². The first-order valence-corrected chi connectivity index (χ1v) is 15.0. The van der Waals surface area contributed by atoms with E-state index in [1.165, 1.54) is 18.5 Å². The topological polar surface area (TPSA) is 108 Å². The van der Waals surface area contributed by atoms with E-state index in [0.717, 1.165) is 48.1 Å². The molecule has 4 aromatic rings. The van der Waals surface area contributed by atoms with Crippen LogP contribution in [0.3, 0.4) is 0 Å². The van der Waals surface area contributed by atoms with Crippen molar-refractivity contribution in [2.75, 3.05) is 23.7 Å². The normalized spacial score (nSPS) is 15.8. The molecule has 0 saturated carbocycles. The Labute approximate surface area is 261 Å². The molecule has 2 heterocycles. The SMILES string of the molecule is CC(C)(C)N1CCC(N(N)/C=C(\N)C(Nc2ccc3ncnc(Nc4ccc(F)c(Cl)c4)c3c2)c2ccc(Cl)cc2)CC1. The highest BCUT2D eigenvalue weighted by Crippen LogP contribution is 2.31. The molecule has 3 aromatic carbocycles. The highest BCUT2D eigenvalue weighted by atomic mass is 35.5. The maximum Gasteiger partial charge on any atom is 0.141 e. The lowest BCUT2D eigenvalue weighted by Crippen LogP contribution is -2.51. The summed E-state index contributed by atoms with van der Waals surface area (Å²) in [6, 6.07) is 17.6. The van der Waals surface area contributed by atoms with Crippen LogP contribution in [0.1, 0.15) is 45.2 Å². The molecule has 0 radical (unpaired) electrons. The second kappa shape index (κ2) is 12.9. The molecular formula is C32H37Cl2FN8. The highest BCUT2D eigenvalue weighted by molar-refractivity contribution is 6.31. The number of likely N-dealkylation sites (tertiary alicyclic amines) is 1. The minimum Gasteiger partial charge on any atom is -0.399 e. The summed E-state index contributed by atoms with van der Waals surface area (Å²) < 4.78 is 13.7. The van der Waals surface area contributed by atoms with Crippen LogP contribution >= 0.6 is 23.2 Å². The Balaban J connectivity index is 1.41. The third kappa shape index (κ3) is 7.48. The number of hydrogen-bond donors (Lipinski definition) is 4. The van der Waals surface area contributed by atoms with Gasteiger partial charge in [0.15, 0.2) is 0 Å². The van der Waals surface area contributed by atoms with Gasteiger partial charge in [-0.1, -0.05) is 35.3 Å². The third-order valence-corrected chi connectivity index (χ3v) is 8.34. The Hall–Kier alpha value is -3.63. The second-order valence-electron chi connectivity index (χ2n) is 11.8. The number of fused-ring (bicyclic) bond motifs is 1. The molecule has 1 aliphatic rings. The second-order valence-corrected chi connectivity index (χ2v) is 12.6. The fraction of sp³-hybridized carbons (Fsp3) is 0.312. The molecule has 1 aromatic heterocycles. The molecule has 226 valence electrons. The van der Waals surface area contributed by atoms with Crippen molar-refractivity contribution in [2.45, 2.75) is 51.2 Å². The fourth-order valence-electron chi connectivity index (χ4n) is 5.32. The predicted molar refractivity (Wildman–Crippen MR) is 175 cm³/mol. The molecule has 0 amide bonds. The Morgan fingerprint density at radius 1 is 1.02 bits per heavy atom. The van der Waals surface area contributed by atoms with Crippen LogP contribution in [0.15, 0.2) is 78.9 Å². The summed E-state index contributed by atoms with van der Waals surface area (Å²) in [5.41, 5.74) is 10.5. The highest BCUT2D eigenvalue weighted by Gasteiger charge is 2.29. The molecule has 43 heavy (non-hydrogen) atoms. The van der Waals surface area contributed by atoms with E-state index in [1.807, 2.05) is 48.7 Å². The first-order chi connectivity index (χ1) is 20.5. The molecule has 1 atom stereocenters. The van der Waals surface area contributed by atoms with Gasteiger partial charge in [0.2, 0.25) is 0 Å². The number of piperidine rings is 1. The average Bonchev–Trinajstić information content (AvgIpc) is 2.98. The summed E-state index contributed by atoms with van der Waals surface area (Å²) in [6.07, 6.45) is 5.22. The van der Waals surface area contributed by atoms with E-state index in [9.17, 15) is 4.39 Å². The van der Waals surface area contributed by atoms with Crippen molar-refractivity contribution in [2.24, 2.45) is 11.6 Å². The number of halogens is 3. The lowest BCUT2D eigenvalue weighted by Gasteiger charge is -2.42. The number of aromatic nitrogens is 2. The molecule has 1 saturated heterocycles. The Bertz CT molecular complexity index is 1600. The molecule has 11 heteroatoms. The number of rotatable bonds is 8. The Morgan fingerprint density at radius 2 is 1.72 bits per heavy atom. The van der Waals surface area contributed by atoms with E-state index in [0.29, 0.717) is 22.2 Å². The minimum absolute atomic E-state index is 0.0208. The molecule has 1 unspecified atom stereocenters. The van der Waals surface area contributed by atoms with Crippen molar-refractivity contribution in [1.29, 1.82) is 0 Å². The van der Waals surface area contributed by atoms with Gasteiger partial charge in [-0.25, -0.2) is 20.2 Å². The lowest BCUT2D eigenvalue weighted by atomic mass is 9.97. The monoisotopic (exact) mass is 622 g/mol. The third-order valence-electron chi connectivity index (χ3n) is 7.80. The molecular weight excluding hydrogens is 586 g/mol. The summed E-state index contributed by atoms with van der Waals surface area (Å²) in [4.78, 5) is 11.3. The van der Waals surface area contributed by atoms with Crippen molar-refractivity contribution in [3.05, 3.63) is 100 Å². The zero-order chi connectivity index (χ0) is 30.7. The number of nitrogens with zero attached hydrogens (tertiary/aromatic N) is 4. The van der Waals surface area contributed by atoms with E-state index in [2.05, 4.69) is 46.3 Å². The van der Waals surface area contributed by atoms with Crippen molar-refractivity contribution < 1.29 is 4.39 Å². The average molecular weight is 624 g/mol. The van der Waals surface area contributed by atoms with Crippen molar-refractivity contribution in [3.8, 4) is 0 Å². The Kier molecular flexibility index (Phi) is 9.27. The van der Waals surface area contributed by atoms with Crippen LogP contribution in [0.25, 0.3) is 10.9 Å². The molecule has 5 rings (SSSR count). The minimum atomic E-state index is -0.489. The molecule has 0 bridgehead atoms. The number of hydrogen-bond acceptors (Lipinski definition) is 8. The number of benzene rings is 3. The number of hydrazine groups is 1. The summed E-state index contributed by atoms with van der Waals surface area (Å²) in [7, 11) is 0. The predicted octanol–water partition coefficient (Wildman–Crippen LogP) is 7.21. The van der Waals surface area contributed by atoms with Crippen molar-refractivity contribution in [3.63, 3.8) is 0 Å². The van der Waals surface area contributed by atoms with E-state index in [1.54, 1.807) is 11.1 Å². The summed E-state index contributed by atoms with van der Waals surface area (Å²) in [6.45, 7) is 8.68. The van der Waals surface area contributed by atoms with Crippen molar-refractivity contribution in [1.82, 2.24) is 19.9 Å². The molecule has 0 aliphatic carbocycles. The molecule has 6 N–H and O–H groups in total. The zero-order valence-electron chi connectivity index (χ0n) is 24.5. The van der Waals surface area contributed by atoms with Crippen LogP contribution < -0.4 is 22.2 Å². The summed E-state index contributed by atoms with van der Waals surface area (Å²) in [5.74, 6) is 6.64. The molecule has 0 spiro atoms. The quantitative estimate of drug-likeness (QED) is 0.121. The Morgan fingerprint density at radius 3 is 2.40 bits per heavy atom. The van der Waals surface area contributed by atoms with Crippen LogP contribution in [0, 0.1) is 5.82 Å². The van der Waals surface area contributed by atoms with E-state index < -0.39 is 11.9 Å². The van der Waals surface area contributed by atoms with E-state index in [-0.39, 0.29) is 16.6 Å². The first kappa shape index (κ1) is 30.8. The maximum absolute atomic E-state index is 13.7. The van der Waals surface area contributed by atoms with Gasteiger partial charge in [0, 0.05) is 52.7 Å². The van der Waals surface area contributed by atoms with Gasteiger partial charge in [-0.15, -0.1) is 0 Å². The summed E-state index contributed by atoms with van der Waals surface area (Å²) >= 11 is 12.2. The zero-order valence-corrected chi connectivity index (χ0v) is 26.0. The van der Waals surface area contributed by atoms with Crippen LogP contribution in [0.5, 0.6) is 0 Å². The smallest absolute Gasteiger partial charge is 0.141 e. The van der Waals surface area contributed by atoms with Crippen LogP contribution in [0.2, 0.25) is 10.0 Å². The van der Waals surface area contributed by atoms with E-state index >= 15 is 0 Å². The number of nitrogens with two attached hydrogens (primary N) is 2. The van der Waals surface area contributed by atoms with Gasteiger partial charge in [0.1, 0.15) is 18.0 Å². The van der Waals surface area contributed by atoms with Crippen LogP contribution in [-0.2, 0) is 0 Å². The molecule has 1 fully saturated rings. The van der Waals surface area contributed by atoms with Crippen LogP contribution in [0.4, 0.5) is 21.6 Å². The van der Waals surface area contributed by atoms with Gasteiger partial charge >= 0.3 is 0 Å². The van der Waals surface area contributed by atoms with Crippen molar-refractivity contribution >= 4 is 51.3 Å². The van der Waals surface area contributed by atoms with Gasteiger partial charge in [0.25, 0.3) is 0 Å². The number of nitrogens with one attached hydrogen (secondary N) is 2. The van der Waals surface area contributed by atoms with Gasteiger partial charge in [-0.05, 0) is 87.7 Å². The molecule has 8 nitrogen and oxygen atoms in total. The van der Waals surface area contributed by atoms with Crippen LogP contribution in [-0.4, -0.2) is 44.5 Å². The van der Waals surface area contributed by atoms with E-state index in [4.69, 9.17) is 34.8 Å². The largest absolute Gasteiger partial charge is 0.399 e. The maximum atomic E-state index is 13.7. The molecule has 1 aliphatic heterocycles. The van der Waals surface area contributed by atoms with Gasteiger partial charge in [-0.3, -0.25) is 4.90 Å².